The van der Waals surface area contributed by atoms with E-state index in [2.05, 4.69) is 72.0 Å². The van der Waals surface area contributed by atoms with E-state index in [1.165, 1.54) is 93.0 Å². The summed E-state index contributed by atoms with van der Waals surface area (Å²) >= 11 is 0. The van der Waals surface area contributed by atoms with Gasteiger partial charge in [-0.3, -0.25) is 9.88 Å². The Hall–Kier alpha value is -3.77. The normalized spacial score (nSPS) is 13.6. The lowest BCUT2D eigenvalue weighted by Gasteiger charge is -2.23. The van der Waals surface area contributed by atoms with Gasteiger partial charge >= 0.3 is 5.97 Å². The molecule has 0 amide bonds. The van der Waals surface area contributed by atoms with Crippen LogP contribution in [0.5, 0.6) is 0 Å². The van der Waals surface area contributed by atoms with Gasteiger partial charge in [0.05, 0.1) is 11.3 Å². The van der Waals surface area contributed by atoms with Crippen LogP contribution in [-0.4, -0.2) is 53.7 Å². The van der Waals surface area contributed by atoms with Crippen LogP contribution in [0.1, 0.15) is 102 Å². The summed E-state index contributed by atoms with van der Waals surface area (Å²) in [5, 5.41) is 8.72. The van der Waals surface area contributed by atoms with Crippen LogP contribution in [0.15, 0.2) is 90.7 Å². The van der Waals surface area contributed by atoms with Crippen LogP contribution in [-0.2, 0) is 6.42 Å². The summed E-state index contributed by atoms with van der Waals surface area (Å²) < 4.78 is 12.5. The van der Waals surface area contributed by atoms with E-state index in [0.29, 0.717) is 5.69 Å². The smallest absolute Gasteiger partial charge is 0.335 e. The van der Waals surface area contributed by atoms with E-state index in [0.717, 1.165) is 25.1 Å². The van der Waals surface area contributed by atoms with Gasteiger partial charge in [0.15, 0.2) is 0 Å². The van der Waals surface area contributed by atoms with Gasteiger partial charge in [-0.15, -0.1) is 0 Å². The lowest BCUT2D eigenvalue weighted by Crippen LogP contribution is -2.31. The van der Waals surface area contributed by atoms with Gasteiger partial charge < -0.3 is 10.0 Å². The summed E-state index contributed by atoms with van der Waals surface area (Å²) in [6.45, 7) is 20.2. The zero-order valence-corrected chi connectivity index (χ0v) is 29.4. The third-order valence-corrected chi connectivity index (χ3v) is 7.75. The lowest BCUT2D eigenvalue weighted by molar-refractivity contribution is 0.0696. The number of unbranched alkanes of at least 4 members (excludes halogenated alkanes) is 3. The maximum atomic E-state index is 12.5. The van der Waals surface area contributed by atoms with Gasteiger partial charge in [-0.25, -0.2) is 9.18 Å². The first-order chi connectivity index (χ1) is 22.3. The number of rotatable bonds is 10. The number of halogens is 1. The molecule has 1 aromatic heterocycles. The average Bonchev–Trinajstić information content (AvgIpc) is 3.34. The Balaban J connectivity index is 0.000000343. The first-order valence-corrected chi connectivity index (χ1v) is 17.0. The number of carbonyl (C=O) groups is 1. The monoisotopic (exact) mass is 631 g/mol. The van der Waals surface area contributed by atoms with Gasteiger partial charge in [-0.05, 0) is 94.5 Å². The fourth-order valence-electron chi connectivity index (χ4n) is 4.80. The minimum absolute atomic E-state index is 0.141. The molecule has 0 unspecified atom stereocenters. The molecule has 1 aliphatic heterocycles. The van der Waals surface area contributed by atoms with Crippen molar-refractivity contribution in [3.05, 3.63) is 113 Å². The van der Waals surface area contributed by atoms with Gasteiger partial charge in [-0.2, -0.15) is 0 Å². The van der Waals surface area contributed by atoms with Crippen molar-refractivity contribution in [3.8, 4) is 0 Å². The van der Waals surface area contributed by atoms with Crippen molar-refractivity contribution in [2.45, 2.75) is 87.0 Å². The molecule has 46 heavy (non-hydrogen) atoms. The number of hydrogen-bond acceptors (Lipinski definition) is 4. The number of allylic oxidation sites excluding steroid dienone is 3. The second kappa shape index (κ2) is 24.5. The zero-order valence-electron chi connectivity index (χ0n) is 29.4. The summed E-state index contributed by atoms with van der Waals surface area (Å²) in [5.41, 5.74) is 6.04. The Morgan fingerprint density at radius 2 is 1.59 bits per heavy atom. The van der Waals surface area contributed by atoms with Crippen LogP contribution in [0, 0.1) is 5.82 Å². The van der Waals surface area contributed by atoms with Crippen LogP contribution >= 0.6 is 0 Å². The van der Waals surface area contributed by atoms with Crippen molar-refractivity contribution in [2.75, 3.05) is 37.6 Å². The Kier molecular flexibility index (Phi) is 21.4. The molecule has 1 fully saturated rings. The quantitative estimate of drug-likeness (QED) is 0.178. The van der Waals surface area contributed by atoms with E-state index in [9.17, 15) is 9.18 Å². The summed E-state index contributed by atoms with van der Waals surface area (Å²) in [6.07, 6.45) is 13.0. The molecule has 4 rings (SSSR count). The van der Waals surface area contributed by atoms with Crippen LogP contribution in [0.2, 0.25) is 0 Å². The maximum Gasteiger partial charge on any atom is 0.335 e. The number of pyridine rings is 1. The second-order valence-corrected chi connectivity index (χ2v) is 11.2. The summed E-state index contributed by atoms with van der Waals surface area (Å²) in [4.78, 5) is 19.8. The molecule has 2 heterocycles. The van der Waals surface area contributed by atoms with Gasteiger partial charge in [-0.1, -0.05) is 88.1 Å². The summed E-state index contributed by atoms with van der Waals surface area (Å²) in [7, 11) is 0. The maximum absolute atomic E-state index is 12.5. The summed E-state index contributed by atoms with van der Waals surface area (Å²) in [6, 6.07) is 20.6. The van der Waals surface area contributed by atoms with Crippen LogP contribution < -0.4 is 4.90 Å². The SMILES string of the molecule is C/C=C(/C)c1cc(C(=O)O)ccn1.C/C=C(\C)CN1CCCN(c2ccccc2)CC1.CC.CCCCCCc1ccc(F)cc1. The third kappa shape index (κ3) is 16.5. The number of aromatic carboxylic acids is 1. The number of para-hydroxylation sites is 1. The number of aryl methyl sites for hydroxylation is 1. The van der Waals surface area contributed by atoms with E-state index in [-0.39, 0.29) is 11.4 Å². The minimum atomic E-state index is -0.924. The Bertz CT molecular complexity index is 1290. The molecular weight excluding hydrogens is 573 g/mol. The number of anilines is 1. The molecule has 1 N–H and O–H groups in total. The van der Waals surface area contributed by atoms with Gasteiger partial charge in [0.25, 0.3) is 0 Å². The molecule has 1 saturated heterocycles. The Morgan fingerprint density at radius 3 is 2.20 bits per heavy atom. The molecule has 0 radical (unpaired) electrons. The van der Waals surface area contributed by atoms with Crippen molar-refractivity contribution in [1.29, 1.82) is 0 Å². The zero-order chi connectivity index (χ0) is 34.2. The van der Waals surface area contributed by atoms with Crippen molar-refractivity contribution in [3.63, 3.8) is 0 Å². The number of carboxylic acids is 1. The first kappa shape index (κ1) is 40.3. The van der Waals surface area contributed by atoms with Gasteiger partial charge in [0.1, 0.15) is 5.82 Å². The second-order valence-electron chi connectivity index (χ2n) is 11.2. The molecule has 3 aromatic rings. The third-order valence-electron chi connectivity index (χ3n) is 7.75. The van der Waals surface area contributed by atoms with Gasteiger partial charge in [0.2, 0.25) is 0 Å². The number of benzene rings is 2. The first-order valence-electron chi connectivity index (χ1n) is 17.0. The molecule has 6 heteroatoms. The van der Waals surface area contributed by atoms with Crippen molar-refractivity contribution in [1.82, 2.24) is 9.88 Å². The molecular formula is C40H58FN3O2. The predicted octanol–water partition coefficient (Wildman–Crippen LogP) is 10.3. The molecule has 0 aliphatic carbocycles. The van der Waals surface area contributed by atoms with Crippen LogP contribution in [0.3, 0.4) is 0 Å². The number of carboxylic acid groups (broad SMARTS) is 1. The van der Waals surface area contributed by atoms with E-state index in [1.807, 2.05) is 45.9 Å². The lowest BCUT2D eigenvalue weighted by atomic mass is 10.1. The number of nitrogens with zero attached hydrogens (tertiary/aromatic N) is 3. The molecule has 2 aromatic carbocycles. The molecule has 252 valence electrons. The average molecular weight is 632 g/mol. The Morgan fingerprint density at radius 1 is 0.891 bits per heavy atom. The van der Waals surface area contributed by atoms with Crippen LogP contribution in [0.4, 0.5) is 10.1 Å². The Labute approximate surface area is 278 Å². The highest BCUT2D eigenvalue weighted by Gasteiger charge is 2.14. The van der Waals surface area contributed by atoms with Crippen molar-refractivity contribution < 1.29 is 14.3 Å². The van der Waals surface area contributed by atoms with E-state index in [4.69, 9.17) is 5.11 Å². The minimum Gasteiger partial charge on any atom is -0.478 e. The fraction of sp³-hybridized carbons (Fsp3) is 0.450. The number of hydrogen-bond donors (Lipinski definition) is 1. The molecule has 5 nitrogen and oxygen atoms in total. The standard InChI is InChI=1S/C16H24N2.C12H17F.C10H11NO2.C2H6/c1-3-15(2)14-17-10-7-11-18(13-12-17)16-8-5-4-6-9-16;1-2-3-4-5-6-11-7-9-12(13)10-8-11;1-3-7(2)9-6-8(10(12)13)4-5-11-9;1-2/h3-6,8-9H,7,10-14H2,1-2H3;7-10H,2-6H2,1H3;3-6H,1-2H3,(H,12,13);1-2H3/b15-3+;;7-3-;. The predicted molar refractivity (Wildman–Crippen MR) is 195 cm³/mol. The van der Waals surface area contributed by atoms with E-state index in [1.54, 1.807) is 6.07 Å². The van der Waals surface area contributed by atoms with E-state index < -0.39 is 5.97 Å². The highest BCUT2D eigenvalue weighted by molar-refractivity contribution is 5.88. The topological polar surface area (TPSA) is 56.7 Å². The number of aromatic nitrogens is 1. The van der Waals surface area contributed by atoms with Crippen LogP contribution in [0.25, 0.3) is 5.57 Å². The molecule has 0 saturated carbocycles. The van der Waals surface area contributed by atoms with Gasteiger partial charge in [0, 0.05) is 44.6 Å². The highest BCUT2D eigenvalue weighted by Crippen LogP contribution is 2.16. The molecule has 0 bridgehead atoms. The molecule has 0 atom stereocenters. The molecule has 1 aliphatic rings. The highest BCUT2D eigenvalue weighted by atomic mass is 19.1. The van der Waals surface area contributed by atoms with E-state index >= 15 is 0 Å². The van der Waals surface area contributed by atoms with Crippen molar-refractivity contribution >= 4 is 17.2 Å². The summed E-state index contributed by atoms with van der Waals surface area (Å²) in [5.74, 6) is -1.06. The largest absolute Gasteiger partial charge is 0.478 e. The molecule has 0 spiro atoms. The van der Waals surface area contributed by atoms with Crippen molar-refractivity contribution in [2.24, 2.45) is 0 Å². The fourth-order valence-corrected chi connectivity index (χ4v) is 4.80.